The maximum Gasteiger partial charge on any atom is 0.416 e. The number of halogens is 4. The van der Waals surface area contributed by atoms with Crippen LogP contribution < -0.4 is 5.32 Å². The van der Waals surface area contributed by atoms with Gasteiger partial charge in [0.25, 0.3) is 0 Å². The minimum Gasteiger partial charge on any atom is -0.332 e. The molecule has 1 aliphatic rings. The van der Waals surface area contributed by atoms with Crippen LogP contribution in [0.1, 0.15) is 33.9 Å². The quantitative estimate of drug-likeness (QED) is 0.272. The third kappa shape index (κ3) is 6.25. The molecule has 1 heterocycles. The van der Waals surface area contributed by atoms with E-state index in [9.17, 15) is 17.6 Å². The summed E-state index contributed by atoms with van der Waals surface area (Å²) in [5.41, 5.74) is 3.62. The molecule has 36 heavy (non-hydrogen) atoms. The van der Waals surface area contributed by atoms with Gasteiger partial charge in [0, 0.05) is 18.0 Å². The van der Waals surface area contributed by atoms with E-state index in [4.69, 9.17) is 17.2 Å². The first kappa shape index (κ1) is 26.2. The number of aliphatic imine (C=N–C) groups is 1. The normalized spacial score (nSPS) is 15.8. The van der Waals surface area contributed by atoms with Crippen LogP contribution in [0.2, 0.25) is 0 Å². The standard InChI is InChI=1S/C27H25F4N3S2/c1-17-6-3-11-23(18(17)2)24(15-19-7-4-9-21(28)14-19)33-26-34(12-13-36-26)25(35)32-22-10-5-8-20(16-22)27(29,30)31/h3-11,14,16,24H,12-13,15H2,1-2H3,(H,32,35). The Bertz CT molecular complexity index is 1290. The number of nitrogens with zero attached hydrogens (tertiary/aromatic N) is 2. The van der Waals surface area contributed by atoms with E-state index in [0.717, 1.165) is 40.1 Å². The summed E-state index contributed by atoms with van der Waals surface area (Å²) in [6.07, 6.45) is -3.95. The smallest absolute Gasteiger partial charge is 0.332 e. The summed E-state index contributed by atoms with van der Waals surface area (Å²) < 4.78 is 53.3. The number of alkyl halides is 3. The summed E-state index contributed by atoms with van der Waals surface area (Å²) in [7, 11) is 0. The molecule has 0 saturated carbocycles. The highest BCUT2D eigenvalue weighted by Crippen LogP contribution is 2.32. The summed E-state index contributed by atoms with van der Waals surface area (Å²) in [6, 6.07) is 17.2. The molecule has 3 aromatic rings. The number of nitrogens with one attached hydrogen (secondary N) is 1. The predicted molar refractivity (Wildman–Crippen MR) is 143 cm³/mol. The largest absolute Gasteiger partial charge is 0.416 e. The average molecular weight is 532 g/mol. The fourth-order valence-corrected chi connectivity index (χ4v) is 5.39. The van der Waals surface area contributed by atoms with Crippen molar-refractivity contribution in [3.05, 3.63) is 100 Å². The maximum atomic E-state index is 13.9. The van der Waals surface area contributed by atoms with Crippen molar-refractivity contribution in [2.75, 3.05) is 17.6 Å². The Balaban J connectivity index is 1.63. The summed E-state index contributed by atoms with van der Waals surface area (Å²) >= 11 is 7.10. The SMILES string of the molecule is Cc1cccc(C(Cc2cccc(F)c2)N=C2SCCN2C(=S)Nc2cccc(C(F)(F)F)c2)c1C. The highest BCUT2D eigenvalue weighted by Gasteiger charge is 2.31. The van der Waals surface area contributed by atoms with Crippen molar-refractivity contribution in [3.8, 4) is 0 Å². The number of benzene rings is 3. The van der Waals surface area contributed by atoms with Crippen molar-refractivity contribution >= 4 is 39.9 Å². The van der Waals surface area contributed by atoms with Gasteiger partial charge < -0.3 is 5.32 Å². The zero-order valence-corrected chi connectivity index (χ0v) is 21.4. The molecule has 0 amide bonds. The third-order valence-electron chi connectivity index (χ3n) is 6.05. The van der Waals surface area contributed by atoms with Gasteiger partial charge in [-0.15, -0.1) is 0 Å². The lowest BCUT2D eigenvalue weighted by atomic mass is 9.93. The van der Waals surface area contributed by atoms with Crippen LogP contribution in [0.15, 0.2) is 71.7 Å². The lowest BCUT2D eigenvalue weighted by Gasteiger charge is -2.23. The number of hydrogen-bond donors (Lipinski definition) is 1. The van der Waals surface area contributed by atoms with Crippen LogP contribution >= 0.6 is 24.0 Å². The van der Waals surface area contributed by atoms with Crippen LogP contribution in [0.3, 0.4) is 0 Å². The number of hydrogen-bond acceptors (Lipinski definition) is 3. The third-order valence-corrected chi connectivity index (χ3v) is 7.35. The van der Waals surface area contributed by atoms with Crippen LogP contribution in [-0.4, -0.2) is 27.5 Å². The topological polar surface area (TPSA) is 27.6 Å². The Hall–Kier alpha value is -2.91. The molecule has 1 N–H and O–H groups in total. The van der Waals surface area contributed by atoms with Crippen molar-refractivity contribution in [1.29, 1.82) is 0 Å². The average Bonchev–Trinajstić information content (AvgIpc) is 3.28. The first-order valence-corrected chi connectivity index (χ1v) is 12.8. The van der Waals surface area contributed by atoms with Crippen LogP contribution in [0, 0.1) is 19.7 Å². The second kappa shape index (κ2) is 11.0. The number of rotatable bonds is 5. The second-order valence-corrected chi connectivity index (χ2v) is 10.0. The molecule has 0 aromatic heterocycles. The molecule has 3 nitrogen and oxygen atoms in total. The van der Waals surface area contributed by atoms with E-state index in [-0.39, 0.29) is 22.7 Å². The highest BCUT2D eigenvalue weighted by atomic mass is 32.2. The molecule has 0 spiro atoms. The first-order chi connectivity index (χ1) is 17.1. The fourth-order valence-electron chi connectivity index (χ4n) is 4.04. The van der Waals surface area contributed by atoms with Crippen LogP contribution in [0.4, 0.5) is 23.2 Å². The van der Waals surface area contributed by atoms with Crippen LogP contribution in [0.5, 0.6) is 0 Å². The molecule has 1 atom stereocenters. The van der Waals surface area contributed by atoms with Gasteiger partial charge in [-0.1, -0.05) is 48.2 Å². The first-order valence-electron chi connectivity index (χ1n) is 11.4. The molecule has 188 valence electrons. The number of aryl methyl sites for hydroxylation is 1. The Labute approximate surface area is 217 Å². The van der Waals surface area contributed by atoms with Gasteiger partial charge in [0.15, 0.2) is 10.3 Å². The molecule has 1 aliphatic heterocycles. The molecular weight excluding hydrogens is 506 g/mol. The van der Waals surface area contributed by atoms with E-state index in [1.807, 2.05) is 43.0 Å². The van der Waals surface area contributed by atoms with Gasteiger partial charge in [0.1, 0.15) is 5.82 Å². The van der Waals surface area contributed by atoms with Gasteiger partial charge in [0.2, 0.25) is 0 Å². The second-order valence-electron chi connectivity index (χ2n) is 8.56. The summed E-state index contributed by atoms with van der Waals surface area (Å²) in [6.45, 7) is 4.66. The van der Waals surface area contributed by atoms with Crippen LogP contribution in [-0.2, 0) is 12.6 Å². The van der Waals surface area contributed by atoms with E-state index in [1.54, 1.807) is 12.1 Å². The molecule has 1 fully saturated rings. The molecular formula is C27H25F4N3S2. The molecule has 9 heteroatoms. The minimum atomic E-state index is -4.44. The van der Waals surface area contributed by atoms with E-state index >= 15 is 0 Å². The zero-order chi connectivity index (χ0) is 25.9. The van der Waals surface area contributed by atoms with Crippen LogP contribution in [0.25, 0.3) is 0 Å². The van der Waals surface area contributed by atoms with Crippen molar-refractivity contribution in [1.82, 2.24) is 4.90 Å². The van der Waals surface area contributed by atoms with Gasteiger partial charge in [-0.05, 0) is 85.1 Å². The van der Waals surface area contributed by atoms with Gasteiger partial charge in [-0.25, -0.2) is 4.39 Å². The van der Waals surface area contributed by atoms with Crippen molar-refractivity contribution < 1.29 is 17.6 Å². The summed E-state index contributed by atoms with van der Waals surface area (Å²) in [4.78, 5) is 6.86. The van der Waals surface area contributed by atoms with E-state index in [1.165, 1.54) is 30.0 Å². The summed E-state index contributed by atoms with van der Waals surface area (Å²) in [5.74, 6) is 0.436. The Kier molecular flexibility index (Phi) is 8.00. The molecule has 1 saturated heterocycles. The number of thiocarbonyl (C=S) groups is 1. The lowest BCUT2D eigenvalue weighted by Crippen LogP contribution is -2.35. The molecule has 0 bridgehead atoms. The molecule has 4 rings (SSSR count). The predicted octanol–water partition coefficient (Wildman–Crippen LogP) is 7.55. The van der Waals surface area contributed by atoms with Gasteiger partial charge >= 0.3 is 6.18 Å². The fraction of sp³-hybridized carbons (Fsp3) is 0.259. The molecule has 0 radical (unpaired) electrons. The number of thioether (sulfide) groups is 1. The van der Waals surface area contributed by atoms with Crippen molar-refractivity contribution in [3.63, 3.8) is 0 Å². The minimum absolute atomic E-state index is 0.261. The molecule has 0 aliphatic carbocycles. The Morgan fingerprint density at radius 1 is 1.08 bits per heavy atom. The zero-order valence-electron chi connectivity index (χ0n) is 19.8. The summed E-state index contributed by atoms with van der Waals surface area (Å²) in [5, 5.41) is 3.89. The lowest BCUT2D eigenvalue weighted by molar-refractivity contribution is -0.137. The van der Waals surface area contributed by atoms with E-state index in [2.05, 4.69) is 5.32 Å². The highest BCUT2D eigenvalue weighted by molar-refractivity contribution is 8.14. The number of amidine groups is 1. The van der Waals surface area contributed by atoms with E-state index < -0.39 is 11.7 Å². The monoisotopic (exact) mass is 531 g/mol. The maximum absolute atomic E-state index is 13.9. The van der Waals surface area contributed by atoms with Crippen molar-refractivity contribution in [2.24, 2.45) is 4.99 Å². The Morgan fingerprint density at radius 2 is 1.83 bits per heavy atom. The van der Waals surface area contributed by atoms with Gasteiger partial charge in [-0.2, -0.15) is 13.2 Å². The van der Waals surface area contributed by atoms with E-state index in [0.29, 0.717) is 18.1 Å². The Morgan fingerprint density at radius 3 is 2.58 bits per heavy atom. The van der Waals surface area contributed by atoms with Gasteiger partial charge in [-0.3, -0.25) is 9.89 Å². The molecule has 3 aromatic carbocycles. The van der Waals surface area contributed by atoms with Gasteiger partial charge in [0.05, 0.1) is 11.6 Å². The molecule has 1 unspecified atom stereocenters. The number of anilines is 1. The van der Waals surface area contributed by atoms with Crippen molar-refractivity contribution in [2.45, 2.75) is 32.5 Å².